The molecule has 0 atom stereocenters. The van der Waals surface area contributed by atoms with Gasteiger partial charge < -0.3 is 10.2 Å². The van der Waals surface area contributed by atoms with Gasteiger partial charge in [-0.2, -0.15) is 0 Å². The van der Waals surface area contributed by atoms with E-state index in [1.165, 1.54) is 0 Å². The van der Waals surface area contributed by atoms with E-state index in [0.29, 0.717) is 12.5 Å². The fourth-order valence-corrected chi connectivity index (χ4v) is 2.01. The molecule has 0 aliphatic carbocycles. The first-order valence-electron chi connectivity index (χ1n) is 5.86. The van der Waals surface area contributed by atoms with Gasteiger partial charge in [-0.15, -0.1) is 0 Å². The minimum atomic E-state index is 0.495. The molecule has 5 heteroatoms. The van der Waals surface area contributed by atoms with Gasteiger partial charge in [-0.25, -0.2) is 9.97 Å². The fraction of sp³-hybridized carbons (Fsp3) is 0.231. The summed E-state index contributed by atoms with van der Waals surface area (Å²) in [6.45, 7) is 2.67. The lowest BCUT2D eigenvalue weighted by molar-refractivity contribution is 0.494. The second kappa shape index (κ2) is 4.18. The van der Waals surface area contributed by atoms with Crippen molar-refractivity contribution in [2.45, 2.75) is 19.9 Å². The number of hydrogen-bond donors (Lipinski definition) is 1. The van der Waals surface area contributed by atoms with E-state index < -0.39 is 0 Å². The summed E-state index contributed by atoms with van der Waals surface area (Å²) in [5.41, 5.74) is 8.55. The van der Waals surface area contributed by atoms with E-state index in [1.54, 1.807) is 6.26 Å². The molecule has 3 rings (SSSR count). The van der Waals surface area contributed by atoms with Crippen LogP contribution < -0.4 is 5.73 Å². The van der Waals surface area contributed by atoms with Gasteiger partial charge in [0.25, 0.3) is 0 Å². The fourth-order valence-electron chi connectivity index (χ4n) is 2.01. The Kier molecular flexibility index (Phi) is 2.51. The maximum absolute atomic E-state index is 5.92. The van der Waals surface area contributed by atoms with E-state index in [1.807, 2.05) is 35.8 Å². The summed E-state index contributed by atoms with van der Waals surface area (Å²) < 4.78 is 7.23. The van der Waals surface area contributed by atoms with Crippen LogP contribution in [0.5, 0.6) is 0 Å². The van der Waals surface area contributed by atoms with E-state index >= 15 is 0 Å². The summed E-state index contributed by atoms with van der Waals surface area (Å²) in [5.74, 6) is 1.43. The molecular weight excluding hydrogens is 228 g/mol. The van der Waals surface area contributed by atoms with E-state index in [-0.39, 0.29) is 0 Å². The van der Waals surface area contributed by atoms with Crippen LogP contribution >= 0.6 is 0 Å². The third kappa shape index (κ3) is 1.84. The number of rotatable bonds is 3. The molecule has 2 N–H and O–H groups in total. The van der Waals surface area contributed by atoms with E-state index in [9.17, 15) is 0 Å². The summed E-state index contributed by atoms with van der Waals surface area (Å²) >= 11 is 0. The minimum absolute atomic E-state index is 0.495. The molecule has 0 bridgehead atoms. The van der Waals surface area contributed by atoms with Crippen molar-refractivity contribution >= 4 is 17.1 Å². The molecule has 3 aromatic rings. The van der Waals surface area contributed by atoms with E-state index in [4.69, 9.17) is 10.2 Å². The molecule has 0 aromatic carbocycles. The molecule has 18 heavy (non-hydrogen) atoms. The average Bonchev–Trinajstić information content (AvgIpc) is 2.94. The summed E-state index contributed by atoms with van der Waals surface area (Å²) in [5, 5.41) is 0. The van der Waals surface area contributed by atoms with Crippen LogP contribution in [0.4, 0.5) is 5.95 Å². The number of fused-ring (bicyclic) bond motifs is 1. The number of pyridine rings is 1. The van der Waals surface area contributed by atoms with Gasteiger partial charge in [-0.05, 0) is 31.2 Å². The molecule has 3 aromatic heterocycles. The number of imidazole rings is 1. The van der Waals surface area contributed by atoms with Gasteiger partial charge in [0.2, 0.25) is 5.95 Å². The van der Waals surface area contributed by atoms with Gasteiger partial charge in [0.1, 0.15) is 11.3 Å². The maximum Gasteiger partial charge on any atom is 0.202 e. The lowest BCUT2D eigenvalue weighted by Gasteiger charge is -2.04. The Bertz CT molecular complexity index is 670. The van der Waals surface area contributed by atoms with Crippen LogP contribution in [-0.4, -0.2) is 14.5 Å². The number of nitrogen functional groups attached to an aromatic ring is 1. The molecule has 0 aliphatic rings. The standard InChI is InChI=1S/C13H14N4O/c1-9-4-5-11-12(15-9)17(13(14)16-11)7-6-10-3-2-8-18-10/h2-5,8H,6-7H2,1H3,(H2,14,16). The Morgan fingerprint density at radius 3 is 2.94 bits per heavy atom. The summed E-state index contributed by atoms with van der Waals surface area (Å²) in [6, 6.07) is 7.71. The molecule has 0 radical (unpaired) electrons. The predicted molar refractivity (Wildman–Crippen MR) is 69.1 cm³/mol. The van der Waals surface area contributed by atoms with Gasteiger partial charge in [-0.3, -0.25) is 4.57 Å². The van der Waals surface area contributed by atoms with Gasteiger partial charge in [0, 0.05) is 18.7 Å². The SMILES string of the molecule is Cc1ccc2nc(N)n(CCc3ccco3)c2n1. The third-order valence-corrected chi connectivity index (χ3v) is 2.92. The van der Waals surface area contributed by atoms with Gasteiger partial charge in [0.05, 0.1) is 6.26 Å². The zero-order chi connectivity index (χ0) is 12.5. The number of anilines is 1. The molecule has 0 spiro atoms. The van der Waals surface area contributed by atoms with Crippen LogP contribution in [0.1, 0.15) is 11.5 Å². The maximum atomic E-state index is 5.92. The first-order valence-corrected chi connectivity index (χ1v) is 5.86. The van der Waals surface area contributed by atoms with Gasteiger partial charge in [-0.1, -0.05) is 0 Å². The molecule has 0 saturated carbocycles. The number of aryl methyl sites for hydroxylation is 3. The van der Waals surface area contributed by atoms with Crippen molar-refractivity contribution in [3.05, 3.63) is 42.0 Å². The number of hydrogen-bond acceptors (Lipinski definition) is 4. The Hall–Kier alpha value is -2.30. The van der Waals surface area contributed by atoms with Crippen LogP contribution in [-0.2, 0) is 13.0 Å². The monoisotopic (exact) mass is 242 g/mol. The highest BCUT2D eigenvalue weighted by atomic mass is 16.3. The second-order valence-electron chi connectivity index (χ2n) is 4.25. The summed E-state index contributed by atoms with van der Waals surface area (Å²) in [4.78, 5) is 8.79. The molecule has 0 saturated heterocycles. The zero-order valence-electron chi connectivity index (χ0n) is 10.1. The number of nitrogens with zero attached hydrogens (tertiary/aromatic N) is 3. The summed E-state index contributed by atoms with van der Waals surface area (Å²) in [6.07, 6.45) is 2.45. The molecule has 3 heterocycles. The molecule has 92 valence electrons. The highest BCUT2D eigenvalue weighted by Crippen LogP contribution is 2.17. The molecule has 0 aliphatic heterocycles. The van der Waals surface area contributed by atoms with Crippen molar-refractivity contribution in [1.82, 2.24) is 14.5 Å². The normalized spacial score (nSPS) is 11.2. The van der Waals surface area contributed by atoms with Crippen molar-refractivity contribution in [3.8, 4) is 0 Å². The van der Waals surface area contributed by atoms with Crippen LogP contribution in [0, 0.1) is 6.92 Å². The van der Waals surface area contributed by atoms with Crippen molar-refractivity contribution in [3.63, 3.8) is 0 Å². The van der Waals surface area contributed by atoms with Gasteiger partial charge >= 0.3 is 0 Å². The Morgan fingerprint density at radius 2 is 2.17 bits per heavy atom. The molecular formula is C13H14N4O. The van der Waals surface area contributed by atoms with Crippen molar-refractivity contribution in [2.24, 2.45) is 0 Å². The predicted octanol–water partition coefficient (Wildman–Crippen LogP) is 2.16. The van der Waals surface area contributed by atoms with Crippen LogP contribution in [0.2, 0.25) is 0 Å². The van der Waals surface area contributed by atoms with Crippen LogP contribution in [0.3, 0.4) is 0 Å². The van der Waals surface area contributed by atoms with Crippen molar-refractivity contribution < 1.29 is 4.42 Å². The zero-order valence-corrected chi connectivity index (χ0v) is 10.1. The lowest BCUT2D eigenvalue weighted by Crippen LogP contribution is -2.06. The number of nitrogens with two attached hydrogens (primary N) is 1. The number of aromatic nitrogens is 3. The molecule has 0 unspecified atom stereocenters. The Morgan fingerprint density at radius 1 is 1.28 bits per heavy atom. The minimum Gasteiger partial charge on any atom is -0.469 e. The largest absolute Gasteiger partial charge is 0.469 e. The van der Waals surface area contributed by atoms with Crippen LogP contribution in [0.25, 0.3) is 11.2 Å². The highest BCUT2D eigenvalue weighted by Gasteiger charge is 2.09. The molecule has 0 amide bonds. The quantitative estimate of drug-likeness (QED) is 0.764. The Balaban J connectivity index is 1.95. The first-order chi connectivity index (χ1) is 8.74. The molecule has 0 fully saturated rings. The lowest BCUT2D eigenvalue weighted by atomic mass is 10.3. The Labute approximate surface area is 104 Å². The van der Waals surface area contributed by atoms with Crippen LogP contribution in [0.15, 0.2) is 34.9 Å². The second-order valence-corrected chi connectivity index (χ2v) is 4.25. The van der Waals surface area contributed by atoms with E-state index in [0.717, 1.165) is 29.0 Å². The van der Waals surface area contributed by atoms with E-state index in [2.05, 4.69) is 9.97 Å². The first kappa shape index (κ1) is 10.8. The van der Waals surface area contributed by atoms with Crippen molar-refractivity contribution in [1.29, 1.82) is 0 Å². The smallest absolute Gasteiger partial charge is 0.202 e. The number of furan rings is 1. The van der Waals surface area contributed by atoms with Gasteiger partial charge in [0.15, 0.2) is 5.65 Å². The molecule has 5 nitrogen and oxygen atoms in total. The van der Waals surface area contributed by atoms with Crippen molar-refractivity contribution in [2.75, 3.05) is 5.73 Å². The third-order valence-electron chi connectivity index (χ3n) is 2.92. The highest BCUT2D eigenvalue weighted by molar-refractivity contribution is 5.74. The average molecular weight is 242 g/mol. The summed E-state index contributed by atoms with van der Waals surface area (Å²) in [7, 11) is 0. The topological polar surface area (TPSA) is 69.9 Å².